The molecule has 0 spiro atoms. The quantitative estimate of drug-likeness (QED) is 0.710. The number of methoxy groups -OCH3 is 2. The van der Waals surface area contributed by atoms with E-state index in [0.29, 0.717) is 5.75 Å². The van der Waals surface area contributed by atoms with E-state index in [1.54, 1.807) is 0 Å². The summed E-state index contributed by atoms with van der Waals surface area (Å²) in [6.07, 6.45) is 0. The summed E-state index contributed by atoms with van der Waals surface area (Å²) >= 11 is 0. The molecule has 0 aliphatic carbocycles. The molecule has 1 aromatic carbocycles. The average molecular weight is 232 g/mol. The number of rotatable bonds is 3. The Morgan fingerprint density at radius 2 is 1.80 bits per heavy atom. The highest BCUT2D eigenvalue weighted by Crippen LogP contribution is 2.33. The molecule has 0 aliphatic rings. The topological polar surface area (TPSA) is 105 Å². The molecule has 0 saturated heterocycles. The van der Waals surface area contributed by atoms with Gasteiger partial charge in [-0.05, 0) is 0 Å². The highest BCUT2D eigenvalue weighted by molar-refractivity contribution is 7.89. The SMILES string of the molecule is COc1cc(N)c(OC)c(S(N)(=O)=O)c1. The first-order valence-electron chi connectivity index (χ1n) is 3.94. The van der Waals surface area contributed by atoms with Gasteiger partial charge in [0.2, 0.25) is 10.0 Å². The maximum atomic E-state index is 11.2. The molecule has 0 bridgehead atoms. The summed E-state index contributed by atoms with van der Waals surface area (Å²) in [5.74, 6) is 0.329. The summed E-state index contributed by atoms with van der Waals surface area (Å²) in [6, 6.07) is 2.71. The first kappa shape index (κ1) is 11.6. The second kappa shape index (κ2) is 3.95. The van der Waals surface area contributed by atoms with E-state index < -0.39 is 10.0 Å². The number of benzene rings is 1. The largest absolute Gasteiger partial charge is 0.497 e. The summed E-state index contributed by atoms with van der Waals surface area (Å²) in [5, 5.41) is 5.01. The third-order valence-corrected chi connectivity index (χ3v) is 2.72. The molecule has 0 aliphatic heterocycles. The standard InChI is InChI=1S/C8H12N2O4S/c1-13-5-3-6(9)8(14-2)7(4-5)15(10,11)12/h3-4H,9H2,1-2H3,(H2,10,11,12). The minimum absolute atomic E-state index is 0.0262. The lowest BCUT2D eigenvalue weighted by Crippen LogP contribution is -2.14. The van der Waals surface area contributed by atoms with Crippen LogP contribution in [-0.4, -0.2) is 22.6 Å². The Labute approximate surface area is 87.8 Å². The van der Waals surface area contributed by atoms with Gasteiger partial charge in [-0.1, -0.05) is 0 Å². The zero-order valence-corrected chi connectivity index (χ0v) is 9.17. The van der Waals surface area contributed by atoms with E-state index in [1.165, 1.54) is 26.4 Å². The molecule has 1 rings (SSSR count). The van der Waals surface area contributed by atoms with Gasteiger partial charge in [0.05, 0.1) is 19.9 Å². The molecule has 84 valence electrons. The van der Waals surface area contributed by atoms with E-state index in [9.17, 15) is 8.42 Å². The van der Waals surface area contributed by atoms with Gasteiger partial charge in [-0.2, -0.15) is 0 Å². The Balaban J connectivity index is 3.53. The molecular weight excluding hydrogens is 220 g/mol. The molecule has 0 amide bonds. The number of hydrogen-bond donors (Lipinski definition) is 2. The Morgan fingerprint density at radius 3 is 2.20 bits per heavy atom. The molecule has 0 heterocycles. The van der Waals surface area contributed by atoms with Crippen molar-refractivity contribution in [1.29, 1.82) is 0 Å². The maximum absolute atomic E-state index is 11.2. The van der Waals surface area contributed by atoms with Gasteiger partial charge in [0.15, 0.2) is 5.75 Å². The third-order valence-electron chi connectivity index (χ3n) is 1.80. The molecule has 0 radical (unpaired) electrons. The minimum Gasteiger partial charge on any atom is -0.497 e. The summed E-state index contributed by atoms with van der Waals surface area (Å²) in [6.45, 7) is 0. The van der Waals surface area contributed by atoms with Crippen LogP contribution in [0.5, 0.6) is 11.5 Å². The number of nitrogens with two attached hydrogens (primary N) is 2. The highest BCUT2D eigenvalue weighted by atomic mass is 32.2. The van der Waals surface area contributed by atoms with Crippen LogP contribution in [0.3, 0.4) is 0 Å². The zero-order chi connectivity index (χ0) is 11.6. The van der Waals surface area contributed by atoms with Crippen LogP contribution in [-0.2, 0) is 10.0 Å². The summed E-state index contributed by atoms with van der Waals surface area (Å²) in [7, 11) is -1.18. The first-order chi connectivity index (χ1) is 6.90. The second-order valence-electron chi connectivity index (χ2n) is 2.79. The van der Waals surface area contributed by atoms with Crippen LogP contribution in [0, 0.1) is 0 Å². The molecule has 0 aromatic heterocycles. The van der Waals surface area contributed by atoms with Crippen molar-refractivity contribution in [2.45, 2.75) is 4.90 Å². The number of ether oxygens (including phenoxy) is 2. The Hall–Kier alpha value is -1.47. The Kier molecular flexibility index (Phi) is 3.06. The van der Waals surface area contributed by atoms with E-state index in [-0.39, 0.29) is 16.3 Å². The van der Waals surface area contributed by atoms with Crippen molar-refractivity contribution in [3.63, 3.8) is 0 Å². The van der Waals surface area contributed by atoms with E-state index in [2.05, 4.69) is 0 Å². The van der Waals surface area contributed by atoms with Crippen LogP contribution in [0.4, 0.5) is 5.69 Å². The fourth-order valence-corrected chi connectivity index (χ4v) is 1.89. The van der Waals surface area contributed by atoms with Crippen molar-refractivity contribution in [3.8, 4) is 11.5 Å². The number of anilines is 1. The summed E-state index contributed by atoms with van der Waals surface area (Å²) in [4.78, 5) is -0.193. The van der Waals surface area contributed by atoms with Gasteiger partial charge in [0, 0.05) is 12.1 Å². The predicted molar refractivity (Wildman–Crippen MR) is 55.3 cm³/mol. The number of primary sulfonamides is 1. The third kappa shape index (κ3) is 2.31. The molecule has 0 atom stereocenters. The highest BCUT2D eigenvalue weighted by Gasteiger charge is 2.19. The molecule has 0 unspecified atom stereocenters. The fourth-order valence-electron chi connectivity index (χ4n) is 1.15. The van der Waals surface area contributed by atoms with E-state index in [1.807, 2.05) is 0 Å². The molecule has 4 N–H and O–H groups in total. The smallest absolute Gasteiger partial charge is 0.241 e. The summed E-state index contributed by atoms with van der Waals surface area (Å²) < 4.78 is 32.2. The van der Waals surface area contributed by atoms with Gasteiger partial charge in [0.25, 0.3) is 0 Å². The normalized spacial score (nSPS) is 11.1. The van der Waals surface area contributed by atoms with Gasteiger partial charge in [-0.3, -0.25) is 0 Å². The lowest BCUT2D eigenvalue weighted by Gasteiger charge is -2.11. The van der Waals surface area contributed by atoms with Crippen LogP contribution in [0.2, 0.25) is 0 Å². The summed E-state index contributed by atoms with van der Waals surface area (Å²) in [5.41, 5.74) is 5.73. The zero-order valence-electron chi connectivity index (χ0n) is 8.35. The maximum Gasteiger partial charge on any atom is 0.241 e. The van der Waals surface area contributed by atoms with Crippen LogP contribution in [0.1, 0.15) is 0 Å². The molecule has 0 saturated carbocycles. The van der Waals surface area contributed by atoms with Gasteiger partial charge in [-0.25, -0.2) is 13.6 Å². The molecule has 15 heavy (non-hydrogen) atoms. The number of nitrogen functional groups attached to an aromatic ring is 1. The van der Waals surface area contributed by atoms with Gasteiger partial charge in [0.1, 0.15) is 10.6 Å². The van der Waals surface area contributed by atoms with Crippen molar-refractivity contribution in [1.82, 2.24) is 0 Å². The van der Waals surface area contributed by atoms with Gasteiger partial charge < -0.3 is 15.2 Å². The first-order valence-corrected chi connectivity index (χ1v) is 5.49. The molecular formula is C8H12N2O4S. The van der Waals surface area contributed by atoms with E-state index >= 15 is 0 Å². The Bertz CT molecular complexity index is 470. The molecule has 7 heteroatoms. The molecule has 0 fully saturated rings. The van der Waals surface area contributed by atoms with E-state index in [0.717, 1.165) is 0 Å². The van der Waals surface area contributed by atoms with Crippen LogP contribution < -0.4 is 20.3 Å². The molecule has 1 aromatic rings. The van der Waals surface area contributed by atoms with Crippen molar-refractivity contribution >= 4 is 15.7 Å². The van der Waals surface area contributed by atoms with Crippen molar-refractivity contribution in [2.24, 2.45) is 5.14 Å². The minimum atomic E-state index is -3.89. The molecule has 6 nitrogen and oxygen atoms in total. The van der Waals surface area contributed by atoms with Crippen molar-refractivity contribution < 1.29 is 17.9 Å². The fraction of sp³-hybridized carbons (Fsp3) is 0.250. The van der Waals surface area contributed by atoms with Crippen molar-refractivity contribution in [2.75, 3.05) is 20.0 Å². The number of hydrogen-bond acceptors (Lipinski definition) is 5. The Morgan fingerprint density at radius 1 is 1.20 bits per heavy atom. The predicted octanol–water partition coefficient (Wildman–Crippen LogP) is -0.0666. The monoisotopic (exact) mass is 232 g/mol. The van der Waals surface area contributed by atoms with Crippen LogP contribution >= 0.6 is 0 Å². The van der Waals surface area contributed by atoms with Gasteiger partial charge >= 0.3 is 0 Å². The van der Waals surface area contributed by atoms with Gasteiger partial charge in [-0.15, -0.1) is 0 Å². The lowest BCUT2D eigenvalue weighted by atomic mass is 10.3. The van der Waals surface area contributed by atoms with Crippen LogP contribution in [0.15, 0.2) is 17.0 Å². The van der Waals surface area contributed by atoms with Crippen LogP contribution in [0.25, 0.3) is 0 Å². The number of sulfonamides is 1. The van der Waals surface area contributed by atoms with E-state index in [4.69, 9.17) is 20.3 Å². The second-order valence-corrected chi connectivity index (χ2v) is 4.32. The lowest BCUT2D eigenvalue weighted by molar-refractivity contribution is 0.394. The van der Waals surface area contributed by atoms with Crippen molar-refractivity contribution in [3.05, 3.63) is 12.1 Å². The average Bonchev–Trinajstić information content (AvgIpc) is 2.15.